The van der Waals surface area contributed by atoms with Crippen LogP contribution in [0.25, 0.3) is 11.1 Å². The lowest BCUT2D eigenvalue weighted by Gasteiger charge is -2.29. The predicted molar refractivity (Wildman–Crippen MR) is 138 cm³/mol. The van der Waals surface area contributed by atoms with Gasteiger partial charge in [0, 0.05) is 25.3 Å². The molecule has 4 aromatic carbocycles. The normalized spacial score (nSPS) is 13.9. The fraction of sp³-hybridized carbons (Fsp3) is 0.172. The summed E-state index contributed by atoms with van der Waals surface area (Å²) in [6.07, 6.45) is 1.78. The Labute approximate surface area is 206 Å². The highest BCUT2D eigenvalue weighted by atomic mass is 32.2. The highest BCUT2D eigenvalue weighted by Crippen LogP contribution is 2.25. The van der Waals surface area contributed by atoms with E-state index in [1.54, 1.807) is 12.1 Å². The third-order valence-corrected chi connectivity index (χ3v) is 7.83. The number of nitrogens with one attached hydrogen (secondary N) is 1. The SMILES string of the molecule is O=S(=O)(Nc1ccc(F)cc1)c1ccc2c(c1)CCN(CCc1ccc(-c3ccccc3)cc1)C2. The second-order valence-corrected chi connectivity index (χ2v) is 10.6. The zero-order valence-electron chi connectivity index (χ0n) is 19.3. The first-order chi connectivity index (χ1) is 17.0. The summed E-state index contributed by atoms with van der Waals surface area (Å²) in [6, 6.07) is 29.8. The minimum Gasteiger partial charge on any atom is -0.298 e. The van der Waals surface area contributed by atoms with Crippen LogP contribution in [0, 0.1) is 5.82 Å². The van der Waals surface area contributed by atoms with Crippen LogP contribution in [0.2, 0.25) is 0 Å². The van der Waals surface area contributed by atoms with Crippen molar-refractivity contribution in [3.05, 3.63) is 120 Å². The number of hydrogen-bond acceptors (Lipinski definition) is 3. The maximum absolute atomic E-state index is 13.1. The largest absolute Gasteiger partial charge is 0.298 e. The van der Waals surface area contributed by atoms with Crippen molar-refractivity contribution in [2.75, 3.05) is 17.8 Å². The van der Waals surface area contributed by atoms with E-state index >= 15 is 0 Å². The smallest absolute Gasteiger partial charge is 0.261 e. The number of anilines is 1. The molecule has 0 aromatic heterocycles. The second kappa shape index (κ2) is 10.0. The van der Waals surface area contributed by atoms with E-state index in [2.05, 4.69) is 58.2 Å². The molecule has 6 heteroatoms. The van der Waals surface area contributed by atoms with E-state index < -0.39 is 15.8 Å². The summed E-state index contributed by atoms with van der Waals surface area (Å²) >= 11 is 0. The maximum atomic E-state index is 13.1. The molecule has 1 heterocycles. The molecule has 1 N–H and O–H groups in total. The Balaban J connectivity index is 1.20. The van der Waals surface area contributed by atoms with Crippen LogP contribution in [0.5, 0.6) is 0 Å². The number of hydrogen-bond donors (Lipinski definition) is 1. The van der Waals surface area contributed by atoms with Gasteiger partial charge in [-0.3, -0.25) is 9.62 Å². The molecule has 0 bridgehead atoms. The molecule has 0 saturated heterocycles. The van der Waals surface area contributed by atoms with E-state index in [0.29, 0.717) is 5.69 Å². The Morgan fingerprint density at radius 1 is 0.800 bits per heavy atom. The van der Waals surface area contributed by atoms with Crippen LogP contribution in [-0.4, -0.2) is 26.4 Å². The van der Waals surface area contributed by atoms with Crippen molar-refractivity contribution in [1.82, 2.24) is 4.90 Å². The van der Waals surface area contributed by atoms with Crippen molar-refractivity contribution >= 4 is 15.7 Å². The van der Waals surface area contributed by atoms with Crippen molar-refractivity contribution in [2.24, 2.45) is 0 Å². The lowest BCUT2D eigenvalue weighted by Crippen LogP contribution is -2.32. The molecular formula is C29H27FN2O2S. The molecule has 5 rings (SSSR count). The van der Waals surface area contributed by atoms with E-state index in [-0.39, 0.29) is 4.90 Å². The molecule has 0 unspecified atom stereocenters. The van der Waals surface area contributed by atoms with Crippen LogP contribution in [0.1, 0.15) is 16.7 Å². The number of benzene rings is 4. The Bertz CT molecular complexity index is 1400. The molecule has 0 fully saturated rings. The summed E-state index contributed by atoms with van der Waals surface area (Å²) in [5.41, 5.74) is 6.32. The van der Waals surface area contributed by atoms with Crippen LogP contribution >= 0.6 is 0 Å². The summed E-state index contributed by atoms with van der Waals surface area (Å²) in [5.74, 6) is -0.407. The molecule has 0 aliphatic carbocycles. The van der Waals surface area contributed by atoms with Crippen LogP contribution < -0.4 is 4.72 Å². The van der Waals surface area contributed by atoms with Gasteiger partial charge in [-0.05, 0) is 77.1 Å². The van der Waals surface area contributed by atoms with Gasteiger partial charge in [0.2, 0.25) is 0 Å². The van der Waals surface area contributed by atoms with Gasteiger partial charge in [0.1, 0.15) is 5.82 Å². The van der Waals surface area contributed by atoms with Gasteiger partial charge < -0.3 is 0 Å². The minimum atomic E-state index is -3.73. The van der Waals surface area contributed by atoms with E-state index in [1.165, 1.54) is 41.0 Å². The van der Waals surface area contributed by atoms with E-state index in [4.69, 9.17) is 0 Å². The van der Waals surface area contributed by atoms with Gasteiger partial charge in [0.05, 0.1) is 4.90 Å². The topological polar surface area (TPSA) is 49.4 Å². The van der Waals surface area contributed by atoms with Gasteiger partial charge >= 0.3 is 0 Å². The first-order valence-corrected chi connectivity index (χ1v) is 13.2. The second-order valence-electron chi connectivity index (χ2n) is 8.88. The summed E-state index contributed by atoms with van der Waals surface area (Å²) in [4.78, 5) is 2.64. The summed E-state index contributed by atoms with van der Waals surface area (Å²) < 4.78 is 41.2. The first-order valence-electron chi connectivity index (χ1n) is 11.7. The minimum absolute atomic E-state index is 0.229. The van der Waals surface area contributed by atoms with Gasteiger partial charge in [-0.2, -0.15) is 0 Å². The van der Waals surface area contributed by atoms with Crippen LogP contribution in [0.3, 0.4) is 0 Å². The Morgan fingerprint density at radius 3 is 2.26 bits per heavy atom. The lowest BCUT2D eigenvalue weighted by molar-refractivity contribution is 0.257. The predicted octanol–water partition coefficient (Wildman–Crippen LogP) is 5.89. The van der Waals surface area contributed by atoms with Crippen LogP contribution in [0.4, 0.5) is 10.1 Å². The maximum Gasteiger partial charge on any atom is 0.261 e. The fourth-order valence-electron chi connectivity index (χ4n) is 4.46. The number of fused-ring (bicyclic) bond motifs is 1. The number of sulfonamides is 1. The van der Waals surface area contributed by atoms with Crippen molar-refractivity contribution in [1.29, 1.82) is 0 Å². The third-order valence-electron chi connectivity index (χ3n) is 6.45. The van der Waals surface area contributed by atoms with Crippen molar-refractivity contribution < 1.29 is 12.8 Å². The molecular weight excluding hydrogens is 459 g/mol. The van der Waals surface area contributed by atoms with Gasteiger partial charge in [-0.15, -0.1) is 0 Å². The molecule has 0 saturated carbocycles. The van der Waals surface area contributed by atoms with Gasteiger partial charge in [-0.25, -0.2) is 12.8 Å². The Kier molecular flexibility index (Phi) is 6.66. The molecule has 0 atom stereocenters. The zero-order chi connectivity index (χ0) is 24.3. The molecule has 1 aliphatic rings. The Hall–Kier alpha value is -3.48. The standard InChI is InChI=1S/C29H27FN2O2S/c30-27-11-13-28(14-12-27)31-35(33,34)29-15-10-26-21-32(19-17-25(26)20-29)18-16-22-6-8-24(9-7-22)23-4-2-1-3-5-23/h1-15,20,31H,16-19,21H2. The van der Waals surface area contributed by atoms with Crippen LogP contribution in [-0.2, 0) is 29.4 Å². The molecule has 4 aromatic rings. The van der Waals surface area contributed by atoms with Crippen molar-refractivity contribution in [3.8, 4) is 11.1 Å². The number of halogens is 1. The molecule has 1 aliphatic heterocycles. The monoisotopic (exact) mass is 486 g/mol. The first kappa shape index (κ1) is 23.3. The summed E-state index contributed by atoms with van der Waals surface area (Å²) in [7, 11) is -3.73. The highest BCUT2D eigenvalue weighted by Gasteiger charge is 2.20. The summed E-state index contributed by atoms with van der Waals surface area (Å²) in [5, 5.41) is 0. The fourth-order valence-corrected chi connectivity index (χ4v) is 5.57. The number of nitrogens with zero attached hydrogens (tertiary/aromatic N) is 1. The average molecular weight is 487 g/mol. The van der Waals surface area contributed by atoms with Crippen LogP contribution in [0.15, 0.2) is 102 Å². The quantitative estimate of drug-likeness (QED) is 0.354. The molecule has 0 spiro atoms. The van der Waals surface area contributed by atoms with Crippen molar-refractivity contribution in [3.63, 3.8) is 0 Å². The van der Waals surface area contributed by atoms with Crippen molar-refractivity contribution in [2.45, 2.75) is 24.3 Å². The lowest BCUT2D eigenvalue weighted by atomic mass is 9.99. The third kappa shape index (κ3) is 5.61. The molecule has 0 radical (unpaired) electrons. The van der Waals surface area contributed by atoms with E-state index in [9.17, 15) is 12.8 Å². The molecule has 0 amide bonds. The summed E-state index contributed by atoms with van der Waals surface area (Å²) in [6.45, 7) is 2.66. The molecule has 178 valence electrons. The van der Waals surface area contributed by atoms with E-state index in [0.717, 1.165) is 43.6 Å². The molecule has 4 nitrogen and oxygen atoms in total. The number of rotatable bonds is 7. The van der Waals surface area contributed by atoms with Gasteiger partial charge in [0.15, 0.2) is 0 Å². The van der Waals surface area contributed by atoms with E-state index in [1.807, 2.05) is 12.1 Å². The highest BCUT2D eigenvalue weighted by molar-refractivity contribution is 7.92. The Morgan fingerprint density at radius 2 is 1.51 bits per heavy atom. The zero-order valence-corrected chi connectivity index (χ0v) is 20.1. The van der Waals surface area contributed by atoms with Gasteiger partial charge in [-0.1, -0.05) is 60.7 Å². The van der Waals surface area contributed by atoms with Gasteiger partial charge in [0.25, 0.3) is 10.0 Å². The molecule has 35 heavy (non-hydrogen) atoms. The average Bonchev–Trinajstić information content (AvgIpc) is 2.89.